The van der Waals surface area contributed by atoms with Crippen LogP contribution in [0.4, 0.5) is 0 Å². The average Bonchev–Trinajstić information content (AvgIpc) is 3.03. The van der Waals surface area contributed by atoms with Gasteiger partial charge >= 0.3 is 0 Å². The fourth-order valence-corrected chi connectivity index (χ4v) is 2.61. The van der Waals surface area contributed by atoms with Crippen LogP contribution in [-0.2, 0) is 14.1 Å². The van der Waals surface area contributed by atoms with Crippen LogP contribution in [0.1, 0.15) is 0 Å². The summed E-state index contributed by atoms with van der Waals surface area (Å²) >= 11 is 0. The quantitative estimate of drug-likeness (QED) is 0.531. The molecule has 0 aliphatic carbocycles. The van der Waals surface area contributed by atoms with Gasteiger partial charge in [-0.05, 0) is 5.56 Å². The van der Waals surface area contributed by atoms with Gasteiger partial charge < -0.3 is 9.13 Å². The average molecular weight is 279 g/mol. The van der Waals surface area contributed by atoms with Crippen molar-refractivity contribution in [2.45, 2.75) is 0 Å². The predicted molar refractivity (Wildman–Crippen MR) is 80.1 cm³/mol. The van der Waals surface area contributed by atoms with Crippen molar-refractivity contribution in [3.8, 4) is 11.3 Å². The second-order valence-electron chi connectivity index (χ2n) is 5.05. The number of rotatable bonds is 1. The fraction of sp³-hybridized carbons (Fsp3) is 0.133. The molecule has 0 unspecified atom stereocenters. The molecule has 0 N–H and O–H groups in total. The molecule has 0 saturated heterocycles. The molecule has 3 aromatic heterocycles. The number of fused-ring (bicyclic) bond motifs is 2. The topological polar surface area (TPSA) is 57.1 Å². The van der Waals surface area contributed by atoms with E-state index in [1.54, 1.807) is 15.3 Å². The van der Waals surface area contributed by atoms with Gasteiger partial charge in [-0.1, -0.05) is 30.3 Å². The summed E-state index contributed by atoms with van der Waals surface area (Å²) in [5.74, 6) is 0.606. The molecule has 0 bridgehead atoms. The highest BCUT2D eigenvalue weighted by Crippen LogP contribution is 2.21. The molecule has 6 nitrogen and oxygen atoms in total. The van der Waals surface area contributed by atoms with Gasteiger partial charge in [0.05, 0.1) is 12.0 Å². The third kappa shape index (κ3) is 1.56. The summed E-state index contributed by atoms with van der Waals surface area (Å²) in [6.45, 7) is 0. The van der Waals surface area contributed by atoms with E-state index < -0.39 is 0 Å². The Morgan fingerprint density at radius 1 is 1.10 bits per heavy atom. The maximum atomic E-state index is 12.5. The first-order valence-electron chi connectivity index (χ1n) is 6.61. The number of aryl methyl sites for hydroxylation is 2. The van der Waals surface area contributed by atoms with Gasteiger partial charge in [0, 0.05) is 20.3 Å². The van der Waals surface area contributed by atoms with Crippen molar-refractivity contribution in [1.29, 1.82) is 0 Å². The van der Waals surface area contributed by atoms with Crippen LogP contribution in [0.2, 0.25) is 0 Å². The highest BCUT2D eigenvalue weighted by Gasteiger charge is 2.15. The second kappa shape index (κ2) is 4.05. The van der Waals surface area contributed by atoms with E-state index in [4.69, 9.17) is 0 Å². The summed E-state index contributed by atoms with van der Waals surface area (Å²) in [4.78, 5) is 21.2. The lowest BCUT2D eigenvalue weighted by molar-refractivity contribution is 0.901. The van der Waals surface area contributed by atoms with E-state index in [1.165, 1.54) is 0 Å². The second-order valence-corrected chi connectivity index (χ2v) is 5.05. The molecule has 0 aliphatic heterocycles. The van der Waals surface area contributed by atoms with Gasteiger partial charge in [-0.15, -0.1) is 0 Å². The predicted octanol–water partition coefficient (Wildman–Crippen LogP) is 1.59. The van der Waals surface area contributed by atoms with Crippen molar-refractivity contribution in [2.75, 3.05) is 0 Å². The molecule has 6 heteroatoms. The van der Waals surface area contributed by atoms with Crippen LogP contribution < -0.4 is 5.56 Å². The smallest absolute Gasteiger partial charge is 0.287 e. The van der Waals surface area contributed by atoms with Crippen LogP contribution in [0, 0.1) is 0 Å². The van der Waals surface area contributed by atoms with Gasteiger partial charge in [-0.25, -0.2) is 9.38 Å². The summed E-state index contributed by atoms with van der Waals surface area (Å²) < 4.78 is 5.23. The number of imidazole rings is 2. The zero-order valence-electron chi connectivity index (χ0n) is 11.7. The number of hydrogen-bond donors (Lipinski definition) is 0. The lowest BCUT2D eigenvalue weighted by Crippen LogP contribution is -2.14. The van der Waals surface area contributed by atoms with E-state index in [1.807, 2.05) is 55.2 Å². The van der Waals surface area contributed by atoms with Gasteiger partial charge in [-0.2, -0.15) is 4.98 Å². The molecule has 0 fully saturated rings. The van der Waals surface area contributed by atoms with Crippen LogP contribution >= 0.6 is 0 Å². The minimum atomic E-state index is -0.145. The Kier molecular flexibility index (Phi) is 2.29. The first-order valence-corrected chi connectivity index (χ1v) is 6.61. The molecule has 0 radical (unpaired) electrons. The van der Waals surface area contributed by atoms with Crippen LogP contribution in [0.15, 0.2) is 47.7 Å². The van der Waals surface area contributed by atoms with Crippen LogP contribution in [0.25, 0.3) is 28.2 Å². The van der Waals surface area contributed by atoms with E-state index in [9.17, 15) is 4.79 Å². The zero-order chi connectivity index (χ0) is 14.6. The van der Waals surface area contributed by atoms with E-state index in [0.29, 0.717) is 16.9 Å². The van der Waals surface area contributed by atoms with Crippen molar-refractivity contribution in [2.24, 2.45) is 14.1 Å². The normalized spacial score (nSPS) is 11.5. The maximum Gasteiger partial charge on any atom is 0.287 e. The minimum Gasteiger partial charge on any atom is -0.318 e. The summed E-state index contributed by atoms with van der Waals surface area (Å²) in [5.41, 5.74) is 2.83. The Morgan fingerprint density at radius 3 is 2.62 bits per heavy atom. The lowest BCUT2D eigenvalue weighted by atomic mass is 10.2. The van der Waals surface area contributed by atoms with Gasteiger partial charge in [0.25, 0.3) is 5.56 Å². The van der Waals surface area contributed by atoms with Gasteiger partial charge in [-0.3, -0.25) is 4.79 Å². The minimum absolute atomic E-state index is 0.145. The number of nitrogens with zero attached hydrogens (tertiary/aromatic N) is 5. The summed E-state index contributed by atoms with van der Waals surface area (Å²) in [7, 11) is 3.74. The van der Waals surface area contributed by atoms with E-state index in [-0.39, 0.29) is 5.56 Å². The number of aromatic nitrogens is 5. The van der Waals surface area contributed by atoms with Crippen LogP contribution in [0.5, 0.6) is 0 Å². The standard InChI is InChI=1S/C15H13N5O/c1-18-9-16-12-13(18)17-15-19(2)11(8-20(15)14(12)21)10-6-4-3-5-7-10/h3-9H,1-2H3. The van der Waals surface area contributed by atoms with Gasteiger partial charge in [0.1, 0.15) is 0 Å². The van der Waals surface area contributed by atoms with Crippen molar-refractivity contribution >= 4 is 16.9 Å². The van der Waals surface area contributed by atoms with Crippen LogP contribution in [-0.4, -0.2) is 23.5 Å². The van der Waals surface area contributed by atoms with Gasteiger partial charge in [0.15, 0.2) is 11.2 Å². The molecule has 0 saturated carbocycles. The zero-order valence-corrected chi connectivity index (χ0v) is 11.7. The Morgan fingerprint density at radius 2 is 1.86 bits per heavy atom. The number of benzene rings is 1. The molecule has 104 valence electrons. The Bertz CT molecular complexity index is 1020. The first-order chi connectivity index (χ1) is 10.2. The number of hydrogen-bond acceptors (Lipinski definition) is 3. The summed E-state index contributed by atoms with van der Waals surface area (Å²) in [5, 5.41) is 0. The molecule has 1 aromatic carbocycles. The molecule has 0 spiro atoms. The molecule has 0 amide bonds. The Hall–Kier alpha value is -2.89. The van der Waals surface area contributed by atoms with E-state index in [0.717, 1.165) is 11.3 Å². The molecule has 3 heterocycles. The molecule has 4 aromatic rings. The van der Waals surface area contributed by atoms with Crippen molar-refractivity contribution in [3.05, 3.63) is 53.2 Å². The molecule has 4 rings (SSSR count). The third-order valence-corrected chi connectivity index (χ3v) is 3.73. The Balaban J connectivity index is 2.14. The first kappa shape index (κ1) is 11.9. The van der Waals surface area contributed by atoms with Gasteiger partial charge in [0.2, 0.25) is 5.78 Å². The van der Waals surface area contributed by atoms with Crippen molar-refractivity contribution in [1.82, 2.24) is 23.5 Å². The maximum absolute atomic E-state index is 12.5. The van der Waals surface area contributed by atoms with Crippen LogP contribution in [0.3, 0.4) is 0 Å². The summed E-state index contributed by atoms with van der Waals surface area (Å²) in [6.07, 6.45) is 3.42. The highest BCUT2D eigenvalue weighted by atomic mass is 16.1. The third-order valence-electron chi connectivity index (χ3n) is 3.73. The molecule has 21 heavy (non-hydrogen) atoms. The largest absolute Gasteiger partial charge is 0.318 e. The summed E-state index contributed by atoms with van der Waals surface area (Å²) in [6, 6.07) is 9.94. The lowest BCUT2D eigenvalue weighted by Gasteiger charge is -2.02. The monoisotopic (exact) mass is 279 g/mol. The molecular weight excluding hydrogens is 266 g/mol. The van der Waals surface area contributed by atoms with E-state index >= 15 is 0 Å². The van der Waals surface area contributed by atoms with Crippen molar-refractivity contribution in [3.63, 3.8) is 0 Å². The molecule has 0 atom stereocenters. The fourth-order valence-electron chi connectivity index (χ4n) is 2.61. The SMILES string of the molecule is Cn1cnc2c(=O)n3cc(-c4ccccc4)n(C)c3nc21. The highest BCUT2D eigenvalue weighted by molar-refractivity contribution is 5.73. The molecular formula is C15H13N5O. The molecule has 0 aliphatic rings. The van der Waals surface area contributed by atoms with Crippen molar-refractivity contribution < 1.29 is 0 Å². The Labute approximate surface area is 119 Å². The van der Waals surface area contributed by atoms with E-state index in [2.05, 4.69) is 9.97 Å².